The molecule has 1 saturated heterocycles. The minimum Gasteiger partial charge on any atom is -0.507 e. The number of carbonyl (C=O) groups is 2. The largest absolute Gasteiger partial charge is 0.507 e. The van der Waals surface area contributed by atoms with Crippen molar-refractivity contribution in [3.05, 3.63) is 94.5 Å². The fourth-order valence-corrected chi connectivity index (χ4v) is 3.80. The molecule has 0 spiro atoms. The second kappa shape index (κ2) is 8.57. The summed E-state index contributed by atoms with van der Waals surface area (Å²) in [7, 11) is 1.44. The molecule has 1 N–H and O–H groups in total. The number of methoxy groups -OCH3 is 1. The van der Waals surface area contributed by atoms with E-state index in [-0.39, 0.29) is 23.4 Å². The molecule has 3 aromatic rings. The lowest BCUT2D eigenvalue weighted by Gasteiger charge is -2.25. The molecule has 0 unspecified atom stereocenters. The van der Waals surface area contributed by atoms with Crippen LogP contribution in [0.3, 0.4) is 0 Å². The van der Waals surface area contributed by atoms with Crippen molar-refractivity contribution < 1.29 is 19.4 Å². The third-order valence-electron chi connectivity index (χ3n) is 5.03. The highest BCUT2D eigenvalue weighted by Gasteiger charge is 2.46. The van der Waals surface area contributed by atoms with E-state index in [2.05, 4.69) is 9.97 Å². The first-order valence-electron chi connectivity index (χ1n) is 9.42. The molecule has 8 heteroatoms. The average molecular weight is 436 g/mol. The number of carbonyl (C=O) groups excluding carboxylic acids is 2. The smallest absolute Gasteiger partial charge is 0.295 e. The summed E-state index contributed by atoms with van der Waals surface area (Å²) in [5.41, 5.74) is 1.51. The van der Waals surface area contributed by atoms with E-state index in [1.165, 1.54) is 18.1 Å². The number of Topliss-reactive ketones (excluding diaryl/α,β-unsaturated/α-hetero) is 1. The van der Waals surface area contributed by atoms with E-state index in [1.807, 2.05) is 6.07 Å². The van der Waals surface area contributed by atoms with Crippen LogP contribution in [-0.2, 0) is 16.1 Å². The highest BCUT2D eigenvalue weighted by atomic mass is 35.5. The van der Waals surface area contributed by atoms with Crippen molar-refractivity contribution in [3.63, 3.8) is 0 Å². The Morgan fingerprint density at radius 2 is 1.87 bits per heavy atom. The summed E-state index contributed by atoms with van der Waals surface area (Å²) in [6.07, 6.45) is 6.41. The Labute approximate surface area is 183 Å². The van der Waals surface area contributed by atoms with Crippen molar-refractivity contribution in [1.82, 2.24) is 14.9 Å². The summed E-state index contributed by atoms with van der Waals surface area (Å²) >= 11 is 6.11. The molecule has 1 atom stereocenters. The van der Waals surface area contributed by atoms with E-state index in [1.54, 1.807) is 55.1 Å². The Balaban J connectivity index is 1.90. The SMILES string of the molecule is COc1ccc(Cl)cc1/C(O)=C1\C(=O)C(=O)N(Cc2cccnc2)[C@@H]1c1cccnc1. The molecular formula is C23H18ClN3O4. The van der Waals surface area contributed by atoms with Crippen LogP contribution in [-0.4, -0.2) is 38.8 Å². The van der Waals surface area contributed by atoms with Gasteiger partial charge in [-0.05, 0) is 41.5 Å². The third kappa shape index (κ3) is 3.87. The maximum Gasteiger partial charge on any atom is 0.295 e. The van der Waals surface area contributed by atoms with Gasteiger partial charge in [-0.25, -0.2) is 0 Å². The third-order valence-corrected chi connectivity index (χ3v) is 5.27. The fraction of sp³-hybridized carbons (Fsp3) is 0.130. The molecule has 1 amide bonds. The summed E-state index contributed by atoms with van der Waals surface area (Å²) in [6, 6.07) is 10.9. The van der Waals surface area contributed by atoms with Crippen LogP contribution in [0.4, 0.5) is 0 Å². The van der Waals surface area contributed by atoms with Gasteiger partial charge in [-0.3, -0.25) is 19.6 Å². The van der Waals surface area contributed by atoms with Crippen LogP contribution >= 0.6 is 11.6 Å². The summed E-state index contributed by atoms with van der Waals surface area (Å²) in [5.74, 6) is -1.55. The lowest BCUT2D eigenvalue weighted by atomic mass is 9.96. The van der Waals surface area contributed by atoms with Gasteiger partial charge in [0.05, 0.1) is 24.3 Å². The maximum absolute atomic E-state index is 13.1. The van der Waals surface area contributed by atoms with Crippen LogP contribution < -0.4 is 4.74 Å². The number of pyridine rings is 2. The topological polar surface area (TPSA) is 92.6 Å². The Kier molecular flexibility index (Phi) is 5.68. The molecule has 0 aliphatic carbocycles. The predicted octanol–water partition coefficient (Wildman–Crippen LogP) is 3.76. The van der Waals surface area contributed by atoms with Gasteiger partial charge in [0, 0.05) is 36.4 Å². The number of ether oxygens (including phenoxy) is 1. The number of rotatable bonds is 5. The molecule has 1 fully saturated rings. The quantitative estimate of drug-likeness (QED) is 0.372. The van der Waals surface area contributed by atoms with E-state index < -0.39 is 17.7 Å². The average Bonchev–Trinajstić information content (AvgIpc) is 3.04. The zero-order valence-electron chi connectivity index (χ0n) is 16.5. The summed E-state index contributed by atoms with van der Waals surface area (Å²) < 4.78 is 5.32. The first-order valence-corrected chi connectivity index (χ1v) is 9.80. The van der Waals surface area contributed by atoms with Crippen molar-refractivity contribution in [2.75, 3.05) is 7.11 Å². The summed E-state index contributed by atoms with van der Waals surface area (Å²) in [6.45, 7) is 0.140. The van der Waals surface area contributed by atoms with Gasteiger partial charge in [0.25, 0.3) is 11.7 Å². The lowest BCUT2D eigenvalue weighted by Crippen LogP contribution is -2.29. The van der Waals surface area contributed by atoms with E-state index in [9.17, 15) is 14.7 Å². The number of hydrogen-bond donors (Lipinski definition) is 1. The molecular weight excluding hydrogens is 418 g/mol. The number of nitrogens with zero attached hydrogens (tertiary/aromatic N) is 3. The normalized spacial score (nSPS) is 17.7. The zero-order chi connectivity index (χ0) is 22.0. The number of aliphatic hydroxyl groups is 1. The van der Waals surface area contributed by atoms with Crippen molar-refractivity contribution in [3.8, 4) is 5.75 Å². The number of aromatic nitrogens is 2. The Hall–Kier alpha value is -3.71. The van der Waals surface area contributed by atoms with Crippen LogP contribution in [0.15, 0.2) is 72.8 Å². The highest BCUT2D eigenvalue weighted by molar-refractivity contribution is 6.46. The number of hydrogen-bond acceptors (Lipinski definition) is 6. The van der Waals surface area contributed by atoms with Gasteiger partial charge in [0.1, 0.15) is 11.5 Å². The van der Waals surface area contributed by atoms with E-state index in [0.717, 1.165) is 5.56 Å². The van der Waals surface area contributed by atoms with E-state index >= 15 is 0 Å². The van der Waals surface area contributed by atoms with Crippen LogP contribution in [0.5, 0.6) is 5.75 Å². The molecule has 4 rings (SSSR count). The second-order valence-corrected chi connectivity index (χ2v) is 7.36. The monoisotopic (exact) mass is 435 g/mol. The molecule has 1 aliphatic rings. The minimum atomic E-state index is -0.836. The number of likely N-dealkylation sites (tertiary alicyclic amines) is 1. The Bertz CT molecular complexity index is 1170. The van der Waals surface area contributed by atoms with E-state index in [4.69, 9.17) is 16.3 Å². The predicted molar refractivity (Wildman–Crippen MR) is 114 cm³/mol. The number of benzene rings is 1. The van der Waals surface area contributed by atoms with Gasteiger partial charge in [0.15, 0.2) is 0 Å². The van der Waals surface area contributed by atoms with Crippen molar-refractivity contribution in [2.45, 2.75) is 12.6 Å². The molecule has 7 nitrogen and oxygen atoms in total. The maximum atomic E-state index is 13.1. The number of aliphatic hydroxyl groups excluding tert-OH is 1. The lowest BCUT2D eigenvalue weighted by molar-refractivity contribution is -0.140. The van der Waals surface area contributed by atoms with Crippen LogP contribution in [0, 0.1) is 0 Å². The molecule has 0 bridgehead atoms. The Morgan fingerprint density at radius 3 is 2.52 bits per heavy atom. The molecule has 3 heterocycles. The number of halogens is 1. The van der Waals surface area contributed by atoms with Crippen molar-refractivity contribution in [2.24, 2.45) is 0 Å². The Morgan fingerprint density at radius 1 is 1.13 bits per heavy atom. The first-order chi connectivity index (χ1) is 15.0. The molecule has 0 radical (unpaired) electrons. The van der Waals surface area contributed by atoms with Crippen LogP contribution in [0.2, 0.25) is 5.02 Å². The van der Waals surface area contributed by atoms with E-state index in [0.29, 0.717) is 16.3 Å². The van der Waals surface area contributed by atoms with Gasteiger partial charge in [-0.1, -0.05) is 23.7 Å². The van der Waals surface area contributed by atoms with Gasteiger partial charge in [0.2, 0.25) is 0 Å². The fourth-order valence-electron chi connectivity index (χ4n) is 3.63. The van der Waals surface area contributed by atoms with Crippen molar-refractivity contribution >= 4 is 29.1 Å². The molecule has 2 aromatic heterocycles. The van der Waals surface area contributed by atoms with Crippen LogP contribution in [0.1, 0.15) is 22.7 Å². The molecule has 1 aliphatic heterocycles. The second-order valence-electron chi connectivity index (χ2n) is 6.92. The van der Waals surface area contributed by atoms with Gasteiger partial charge >= 0.3 is 0 Å². The number of ketones is 1. The van der Waals surface area contributed by atoms with Gasteiger partial charge < -0.3 is 14.7 Å². The zero-order valence-corrected chi connectivity index (χ0v) is 17.3. The van der Waals surface area contributed by atoms with Crippen molar-refractivity contribution in [1.29, 1.82) is 0 Å². The summed E-state index contributed by atoms with van der Waals surface area (Å²) in [4.78, 5) is 35.7. The molecule has 1 aromatic carbocycles. The highest BCUT2D eigenvalue weighted by Crippen LogP contribution is 2.41. The summed E-state index contributed by atoms with van der Waals surface area (Å²) in [5, 5.41) is 11.5. The molecule has 156 valence electrons. The van der Waals surface area contributed by atoms with Gasteiger partial charge in [-0.15, -0.1) is 0 Å². The first kappa shape index (κ1) is 20.6. The minimum absolute atomic E-state index is 0.0533. The number of amides is 1. The molecule has 0 saturated carbocycles. The van der Waals surface area contributed by atoms with Crippen LogP contribution in [0.25, 0.3) is 5.76 Å². The standard InChI is InChI=1S/C23H18ClN3O4/c1-31-18-7-6-16(24)10-17(18)21(28)19-20(15-5-3-9-26-12-15)27(23(30)22(19)29)13-14-4-2-8-25-11-14/h2-12,20,28H,13H2,1H3/b21-19+/t20-/m1/s1. The molecule has 31 heavy (non-hydrogen) atoms. The van der Waals surface area contributed by atoms with Gasteiger partial charge in [-0.2, -0.15) is 0 Å².